The summed E-state index contributed by atoms with van der Waals surface area (Å²) in [6.45, 7) is 1.17. The van der Waals surface area contributed by atoms with Gasteiger partial charge in [0, 0.05) is 18.0 Å². The third kappa shape index (κ3) is 6.24. The number of hydrogen-bond donors (Lipinski definition) is 3. The molecule has 0 heterocycles. The van der Waals surface area contributed by atoms with Crippen LogP contribution >= 0.6 is 0 Å². The Hall–Kier alpha value is -2.32. The van der Waals surface area contributed by atoms with Crippen LogP contribution < -0.4 is 5.32 Å². The molecular weight excluding hydrogens is 246 g/mol. The first-order chi connectivity index (χ1) is 8.89. The Labute approximate surface area is 111 Å². The van der Waals surface area contributed by atoms with Gasteiger partial charge < -0.3 is 15.5 Å². The van der Waals surface area contributed by atoms with Crippen molar-refractivity contribution in [2.75, 3.05) is 6.54 Å². The molecule has 1 rings (SSSR count). The van der Waals surface area contributed by atoms with Crippen molar-refractivity contribution in [2.45, 2.75) is 18.9 Å². The van der Waals surface area contributed by atoms with Crippen LogP contribution in [0.5, 0.6) is 0 Å². The van der Waals surface area contributed by atoms with Crippen molar-refractivity contribution < 1.29 is 19.8 Å². The van der Waals surface area contributed by atoms with Crippen molar-refractivity contribution in [3.05, 3.63) is 35.9 Å². The average molecular weight is 261 g/mol. The summed E-state index contributed by atoms with van der Waals surface area (Å²) in [6.07, 6.45) is -0.445. The predicted molar refractivity (Wildman–Crippen MR) is 69.2 cm³/mol. The van der Waals surface area contributed by atoms with E-state index in [2.05, 4.69) is 17.2 Å². The van der Waals surface area contributed by atoms with Gasteiger partial charge in [0.05, 0.1) is 12.0 Å². The monoisotopic (exact) mass is 261 g/mol. The van der Waals surface area contributed by atoms with E-state index in [0.717, 1.165) is 0 Å². The molecule has 1 atom stereocenters. The van der Waals surface area contributed by atoms with E-state index in [1.54, 1.807) is 24.3 Å². The zero-order chi connectivity index (χ0) is 14.3. The van der Waals surface area contributed by atoms with Crippen LogP contribution in [0.4, 0.5) is 0 Å². The predicted octanol–water partition coefficient (Wildman–Crippen LogP) is 0.380. The van der Waals surface area contributed by atoms with E-state index >= 15 is 0 Å². The maximum Gasteiger partial charge on any atom is 0.306 e. The van der Waals surface area contributed by atoms with E-state index in [1.165, 1.54) is 6.92 Å². The first-order valence-corrected chi connectivity index (χ1v) is 5.68. The van der Waals surface area contributed by atoms with Crippen LogP contribution in [-0.4, -0.2) is 34.2 Å². The molecule has 0 saturated carbocycles. The summed E-state index contributed by atoms with van der Waals surface area (Å²) in [7, 11) is 0. The molecular formula is C14H15NO4. The number of hydrogen-bond acceptors (Lipinski definition) is 3. The molecule has 0 aromatic heterocycles. The van der Waals surface area contributed by atoms with Gasteiger partial charge in [0.2, 0.25) is 0 Å². The molecule has 0 radical (unpaired) electrons. The fourth-order valence-electron chi connectivity index (χ4n) is 1.35. The highest BCUT2D eigenvalue weighted by molar-refractivity contribution is 5.94. The number of benzene rings is 1. The summed E-state index contributed by atoms with van der Waals surface area (Å²) in [5.41, 5.74) is -0.787. The molecule has 1 amide bonds. The first kappa shape index (κ1) is 14.7. The number of carbonyl (C=O) groups excluding carboxylic acids is 1. The van der Waals surface area contributed by atoms with Gasteiger partial charge >= 0.3 is 5.97 Å². The maximum atomic E-state index is 11.4. The fraction of sp³-hybridized carbons (Fsp3) is 0.286. The standard InChI is InChI=1S/C14H15NO4/c1-14(19,9-13(17)18)10-15-12(16)8-7-11-5-3-2-4-6-11/h2-6,19H,9-10H2,1H3,(H,15,16)(H,17,18). The zero-order valence-corrected chi connectivity index (χ0v) is 10.5. The van der Waals surface area contributed by atoms with Crippen molar-refractivity contribution in [1.82, 2.24) is 5.32 Å². The highest BCUT2D eigenvalue weighted by atomic mass is 16.4. The molecule has 1 unspecified atom stereocenters. The third-order valence-electron chi connectivity index (χ3n) is 2.26. The topological polar surface area (TPSA) is 86.6 Å². The van der Waals surface area contributed by atoms with Gasteiger partial charge in [-0.15, -0.1) is 0 Å². The van der Waals surface area contributed by atoms with Crippen LogP contribution in [0.2, 0.25) is 0 Å². The lowest BCUT2D eigenvalue weighted by atomic mass is 10.0. The Balaban J connectivity index is 2.49. The maximum absolute atomic E-state index is 11.4. The second-order valence-electron chi connectivity index (χ2n) is 4.37. The quantitative estimate of drug-likeness (QED) is 0.684. The largest absolute Gasteiger partial charge is 0.481 e. The van der Waals surface area contributed by atoms with Gasteiger partial charge in [-0.1, -0.05) is 24.1 Å². The van der Waals surface area contributed by atoms with Gasteiger partial charge in [0.25, 0.3) is 5.91 Å². The van der Waals surface area contributed by atoms with Crippen molar-refractivity contribution in [3.63, 3.8) is 0 Å². The van der Waals surface area contributed by atoms with E-state index < -0.39 is 23.9 Å². The number of aliphatic hydroxyl groups is 1. The minimum Gasteiger partial charge on any atom is -0.481 e. The number of nitrogens with one attached hydrogen (secondary N) is 1. The molecule has 0 saturated heterocycles. The van der Waals surface area contributed by atoms with Crippen LogP contribution in [-0.2, 0) is 9.59 Å². The molecule has 0 aliphatic rings. The van der Waals surface area contributed by atoms with Crippen LogP contribution in [0.1, 0.15) is 18.9 Å². The average Bonchev–Trinajstić information content (AvgIpc) is 2.34. The van der Waals surface area contributed by atoms with E-state index in [4.69, 9.17) is 5.11 Å². The molecule has 0 aliphatic carbocycles. The molecule has 5 heteroatoms. The van der Waals surface area contributed by atoms with Crippen molar-refractivity contribution in [2.24, 2.45) is 0 Å². The van der Waals surface area contributed by atoms with Crippen molar-refractivity contribution in [1.29, 1.82) is 0 Å². The molecule has 0 bridgehead atoms. The molecule has 1 aromatic rings. The Bertz CT molecular complexity index is 511. The Morgan fingerprint density at radius 1 is 1.32 bits per heavy atom. The third-order valence-corrected chi connectivity index (χ3v) is 2.26. The second-order valence-corrected chi connectivity index (χ2v) is 4.37. The second kappa shape index (κ2) is 6.57. The molecule has 1 aromatic carbocycles. The van der Waals surface area contributed by atoms with Crippen LogP contribution in [0.3, 0.4) is 0 Å². The van der Waals surface area contributed by atoms with Gasteiger partial charge in [-0.2, -0.15) is 0 Å². The minimum absolute atomic E-state index is 0.165. The molecule has 0 fully saturated rings. The number of carbonyl (C=O) groups is 2. The normalized spacial score (nSPS) is 12.7. The van der Waals surface area contributed by atoms with E-state index in [9.17, 15) is 14.7 Å². The van der Waals surface area contributed by atoms with E-state index in [0.29, 0.717) is 5.56 Å². The summed E-state index contributed by atoms with van der Waals surface area (Å²) in [5, 5.41) is 20.6. The van der Waals surface area contributed by atoms with Crippen molar-refractivity contribution in [3.8, 4) is 11.8 Å². The van der Waals surface area contributed by atoms with Crippen LogP contribution in [0.15, 0.2) is 30.3 Å². The number of carboxylic acid groups (broad SMARTS) is 1. The number of amides is 1. The first-order valence-electron chi connectivity index (χ1n) is 5.68. The molecule has 0 aliphatic heterocycles. The molecule has 100 valence electrons. The number of aliphatic carboxylic acids is 1. The Kier molecular flexibility index (Phi) is 5.10. The van der Waals surface area contributed by atoms with Gasteiger partial charge in [-0.3, -0.25) is 9.59 Å². The van der Waals surface area contributed by atoms with Crippen molar-refractivity contribution >= 4 is 11.9 Å². The summed E-state index contributed by atoms with van der Waals surface area (Å²) in [6, 6.07) is 8.98. The van der Waals surface area contributed by atoms with Crippen LogP contribution in [0, 0.1) is 11.8 Å². The summed E-state index contributed by atoms with van der Waals surface area (Å²) in [4.78, 5) is 21.9. The summed E-state index contributed by atoms with van der Waals surface area (Å²) >= 11 is 0. The Morgan fingerprint density at radius 2 is 1.95 bits per heavy atom. The lowest BCUT2D eigenvalue weighted by molar-refractivity contribution is -0.142. The zero-order valence-electron chi connectivity index (χ0n) is 10.5. The highest BCUT2D eigenvalue weighted by Gasteiger charge is 2.24. The smallest absolute Gasteiger partial charge is 0.306 e. The number of rotatable bonds is 4. The van der Waals surface area contributed by atoms with Gasteiger partial charge in [-0.05, 0) is 19.1 Å². The lowest BCUT2D eigenvalue weighted by Gasteiger charge is -2.20. The minimum atomic E-state index is -1.49. The van der Waals surface area contributed by atoms with E-state index in [-0.39, 0.29) is 6.54 Å². The Morgan fingerprint density at radius 3 is 2.53 bits per heavy atom. The molecule has 3 N–H and O–H groups in total. The van der Waals surface area contributed by atoms with Gasteiger partial charge in [0.15, 0.2) is 0 Å². The van der Waals surface area contributed by atoms with Gasteiger partial charge in [-0.25, -0.2) is 0 Å². The summed E-state index contributed by atoms with van der Waals surface area (Å²) < 4.78 is 0. The SMILES string of the molecule is CC(O)(CNC(=O)C#Cc1ccccc1)CC(=O)O. The summed E-state index contributed by atoms with van der Waals surface area (Å²) in [5.74, 6) is 3.34. The number of carboxylic acids is 1. The molecule has 0 spiro atoms. The lowest BCUT2D eigenvalue weighted by Crippen LogP contribution is -2.41. The van der Waals surface area contributed by atoms with E-state index in [1.807, 2.05) is 6.07 Å². The fourth-order valence-corrected chi connectivity index (χ4v) is 1.35. The van der Waals surface area contributed by atoms with Crippen LogP contribution in [0.25, 0.3) is 0 Å². The molecule has 5 nitrogen and oxygen atoms in total. The van der Waals surface area contributed by atoms with Gasteiger partial charge in [0.1, 0.15) is 0 Å². The highest BCUT2D eigenvalue weighted by Crippen LogP contribution is 2.06. The molecule has 19 heavy (non-hydrogen) atoms.